The highest BCUT2D eigenvalue weighted by molar-refractivity contribution is 5.90. The van der Waals surface area contributed by atoms with E-state index >= 15 is 0 Å². The molecule has 0 bridgehead atoms. The molecule has 0 aliphatic carbocycles. The minimum absolute atomic E-state index is 0.0683. The maximum absolute atomic E-state index is 11.9. The van der Waals surface area contributed by atoms with Crippen LogP contribution in [0.15, 0.2) is 0 Å². The van der Waals surface area contributed by atoms with Gasteiger partial charge in [-0.25, -0.2) is 4.98 Å². The first-order valence-electron chi connectivity index (χ1n) is 5.65. The molecule has 1 aromatic heterocycles. The van der Waals surface area contributed by atoms with Crippen molar-refractivity contribution in [2.24, 2.45) is 0 Å². The zero-order valence-corrected chi connectivity index (χ0v) is 10.8. The van der Waals surface area contributed by atoms with Crippen LogP contribution in [0.3, 0.4) is 0 Å². The van der Waals surface area contributed by atoms with Crippen molar-refractivity contribution in [3.8, 4) is 0 Å². The molecule has 17 heavy (non-hydrogen) atoms. The number of H-pyrrole nitrogens is 1. The van der Waals surface area contributed by atoms with Crippen molar-refractivity contribution in [3.63, 3.8) is 0 Å². The highest BCUT2D eigenvalue weighted by atomic mass is 16.3. The first kappa shape index (κ1) is 13.6. The molecule has 0 fully saturated rings. The molecule has 0 atom stereocenters. The summed E-state index contributed by atoms with van der Waals surface area (Å²) in [5, 5.41) is 15.4. The molecule has 6 nitrogen and oxygen atoms in total. The van der Waals surface area contributed by atoms with Crippen LogP contribution in [0.2, 0.25) is 0 Å². The van der Waals surface area contributed by atoms with Crippen molar-refractivity contribution in [1.29, 1.82) is 0 Å². The Hall–Kier alpha value is -1.43. The maximum atomic E-state index is 11.9. The van der Waals surface area contributed by atoms with Crippen molar-refractivity contribution in [2.75, 3.05) is 20.2 Å². The molecule has 0 aliphatic rings. The van der Waals surface area contributed by atoms with E-state index in [1.165, 1.54) is 4.90 Å². The van der Waals surface area contributed by atoms with Gasteiger partial charge in [0, 0.05) is 25.6 Å². The van der Waals surface area contributed by atoms with Crippen LogP contribution < -0.4 is 0 Å². The summed E-state index contributed by atoms with van der Waals surface area (Å²) in [6, 6.07) is 0. The van der Waals surface area contributed by atoms with Gasteiger partial charge in [0.2, 0.25) is 5.82 Å². The predicted molar refractivity (Wildman–Crippen MR) is 63.7 cm³/mol. The third-order valence-corrected chi connectivity index (χ3v) is 2.39. The molecule has 0 aliphatic heterocycles. The Balaban J connectivity index is 2.73. The first-order chi connectivity index (χ1) is 7.86. The van der Waals surface area contributed by atoms with Gasteiger partial charge in [-0.15, -0.1) is 5.10 Å². The quantitative estimate of drug-likeness (QED) is 0.805. The van der Waals surface area contributed by atoms with Crippen molar-refractivity contribution in [1.82, 2.24) is 20.1 Å². The zero-order chi connectivity index (χ0) is 13.1. The van der Waals surface area contributed by atoms with Crippen molar-refractivity contribution in [2.45, 2.75) is 32.6 Å². The molecular weight excluding hydrogens is 220 g/mol. The lowest BCUT2D eigenvalue weighted by Crippen LogP contribution is -2.29. The minimum atomic E-state index is -0.231. The summed E-state index contributed by atoms with van der Waals surface area (Å²) in [5.41, 5.74) is -0.158. The van der Waals surface area contributed by atoms with Crippen molar-refractivity contribution in [3.05, 3.63) is 11.6 Å². The molecule has 0 spiro atoms. The average molecular weight is 240 g/mol. The van der Waals surface area contributed by atoms with Gasteiger partial charge in [-0.2, -0.15) is 0 Å². The fourth-order valence-corrected chi connectivity index (χ4v) is 1.27. The molecule has 1 amide bonds. The Labute approximate surface area is 101 Å². The van der Waals surface area contributed by atoms with Gasteiger partial charge in [-0.05, 0) is 6.42 Å². The molecule has 0 saturated carbocycles. The molecule has 2 N–H and O–H groups in total. The smallest absolute Gasteiger partial charge is 0.293 e. The largest absolute Gasteiger partial charge is 0.396 e. The fourth-order valence-electron chi connectivity index (χ4n) is 1.27. The summed E-state index contributed by atoms with van der Waals surface area (Å²) >= 11 is 0. The number of aromatic amines is 1. The highest BCUT2D eigenvalue weighted by Crippen LogP contribution is 2.17. The van der Waals surface area contributed by atoms with Crippen LogP contribution in [0.4, 0.5) is 0 Å². The monoisotopic (exact) mass is 240 g/mol. The highest BCUT2D eigenvalue weighted by Gasteiger charge is 2.22. The van der Waals surface area contributed by atoms with Gasteiger partial charge in [0.25, 0.3) is 5.91 Å². The molecule has 6 heteroatoms. The summed E-state index contributed by atoms with van der Waals surface area (Å²) in [6.07, 6.45) is 0.554. The Morgan fingerprint density at radius 2 is 2.12 bits per heavy atom. The van der Waals surface area contributed by atoms with Crippen LogP contribution in [-0.4, -0.2) is 51.3 Å². The Morgan fingerprint density at radius 3 is 2.59 bits per heavy atom. The van der Waals surface area contributed by atoms with Gasteiger partial charge in [-0.1, -0.05) is 20.8 Å². The molecule has 0 radical (unpaired) electrons. The molecule has 0 aromatic carbocycles. The van der Waals surface area contributed by atoms with E-state index in [0.29, 0.717) is 18.8 Å². The number of rotatable bonds is 4. The van der Waals surface area contributed by atoms with Gasteiger partial charge < -0.3 is 10.0 Å². The van der Waals surface area contributed by atoms with E-state index in [2.05, 4.69) is 15.2 Å². The first-order valence-corrected chi connectivity index (χ1v) is 5.65. The number of hydrogen-bond acceptors (Lipinski definition) is 4. The third kappa shape index (κ3) is 3.52. The average Bonchev–Trinajstić information content (AvgIpc) is 2.73. The zero-order valence-electron chi connectivity index (χ0n) is 10.8. The number of aromatic nitrogens is 3. The lowest BCUT2D eigenvalue weighted by molar-refractivity contribution is 0.0774. The SMILES string of the molecule is CN(CCCO)C(=O)c1n[nH]c(C(C)(C)C)n1. The summed E-state index contributed by atoms with van der Waals surface area (Å²) < 4.78 is 0. The van der Waals surface area contributed by atoms with Crippen LogP contribution in [0, 0.1) is 0 Å². The molecule has 0 unspecified atom stereocenters. The molecule has 0 saturated heterocycles. The molecule has 96 valence electrons. The van der Waals surface area contributed by atoms with Crippen LogP contribution in [0.1, 0.15) is 43.6 Å². The summed E-state index contributed by atoms with van der Waals surface area (Å²) in [4.78, 5) is 17.6. The fraction of sp³-hybridized carbons (Fsp3) is 0.727. The summed E-state index contributed by atoms with van der Waals surface area (Å²) in [6.45, 7) is 6.55. The normalized spacial score (nSPS) is 11.6. The molecule has 1 rings (SSSR count). The van der Waals surface area contributed by atoms with Gasteiger partial charge in [-0.3, -0.25) is 9.89 Å². The van der Waals surface area contributed by atoms with Gasteiger partial charge in [0.15, 0.2) is 0 Å². The van der Waals surface area contributed by atoms with E-state index < -0.39 is 0 Å². The topological polar surface area (TPSA) is 82.1 Å². The number of carbonyl (C=O) groups excluding carboxylic acids is 1. The number of amides is 1. The van der Waals surface area contributed by atoms with Gasteiger partial charge in [0.1, 0.15) is 5.82 Å². The number of aliphatic hydroxyl groups is 1. The Kier molecular flexibility index (Phi) is 4.22. The number of aliphatic hydroxyl groups excluding tert-OH is 1. The van der Waals surface area contributed by atoms with E-state index in [9.17, 15) is 4.79 Å². The molecular formula is C11H20N4O2. The summed E-state index contributed by atoms with van der Waals surface area (Å²) in [7, 11) is 1.67. The van der Waals surface area contributed by atoms with E-state index in [4.69, 9.17) is 5.11 Å². The van der Waals surface area contributed by atoms with E-state index in [-0.39, 0.29) is 23.8 Å². The third-order valence-electron chi connectivity index (χ3n) is 2.39. The van der Waals surface area contributed by atoms with E-state index in [1.807, 2.05) is 20.8 Å². The van der Waals surface area contributed by atoms with Crippen LogP contribution >= 0.6 is 0 Å². The van der Waals surface area contributed by atoms with Gasteiger partial charge in [0.05, 0.1) is 0 Å². The molecule has 1 heterocycles. The standard InChI is InChI=1S/C11H20N4O2/c1-11(2,3)10-12-8(13-14-10)9(17)15(4)6-5-7-16/h16H,5-7H2,1-4H3,(H,12,13,14). The molecule has 1 aromatic rings. The second-order valence-corrected chi connectivity index (χ2v) is 5.06. The van der Waals surface area contributed by atoms with Crippen LogP contribution in [0.25, 0.3) is 0 Å². The Bertz CT molecular complexity index is 381. The predicted octanol–water partition coefficient (Wildman–Crippen LogP) is 0.557. The number of carbonyl (C=O) groups is 1. The van der Waals surface area contributed by atoms with Gasteiger partial charge >= 0.3 is 0 Å². The second-order valence-electron chi connectivity index (χ2n) is 5.06. The maximum Gasteiger partial charge on any atom is 0.293 e. The van der Waals surface area contributed by atoms with Crippen LogP contribution in [0.5, 0.6) is 0 Å². The van der Waals surface area contributed by atoms with Crippen molar-refractivity contribution >= 4 is 5.91 Å². The van der Waals surface area contributed by atoms with Crippen molar-refractivity contribution < 1.29 is 9.90 Å². The second kappa shape index (κ2) is 5.27. The van der Waals surface area contributed by atoms with E-state index in [0.717, 1.165) is 0 Å². The minimum Gasteiger partial charge on any atom is -0.396 e. The van der Waals surface area contributed by atoms with E-state index in [1.54, 1.807) is 7.05 Å². The number of nitrogens with zero attached hydrogens (tertiary/aromatic N) is 3. The lowest BCUT2D eigenvalue weighted by atomic mass is 9.96. The summed E-state index contributed by atoms with van der Waals surface area (Å²) in [5.74, 6) is 0.636. The lowest BCUT2D eigenvalue weighted by Gasteiger charge is -2.14. The Morgan fingerprint density at radius 1 is 1.47 bits per heavy atom. The number of nitrogens with one attached hydrogen (secondary N) is 1. The number of hydrogen-bond donors (Lipinski definition) is 2. The van der Waals surface area contributed by atoms with Crippen LogP contribution in [-0.2, 0) is 5.41 Å².